The maximum atomic E-state index is 12.0. The molecule has 5 nitrogen and oxygen atoms in total. The van der Waals surface area contributed by atoms with E-state index in [0.29, 0.717) is 17.7 Å². The summed E-state index contributed by atoms with van der Waals surface area (Å²) >= 11 is 0. The van der Waals surface area contributed by atoms with Crippen LogP contribution in [-0.2, 0) is 9.47 Å². The van der Waals surface area contributed by atoms with Gasteiger partial charge in [0.15, 0.2) is 0 Å². The molecule has 5 heteroatoms. The second-order valence-corrected chi connectivity index (χ2v) is 8.83. The highest BCUT2D eigenvalue weighted by Crippen LogP contribution is 2.54. The van der Waals surface area contributed by atoms with Gasteiger partial charge in [-0.25, -0.2) is 0 Å². The lowest BCUT2D eigenvalue weighted by molar-refractivity contribution is -0.116. The average Bonchev–Trinajstić information content (AvgIpc) is 2.91. The van der Waals surface area contributed by atoms with Crippen LogP contribution in [0.3, 0.4) is 0 Å². The second kappa shape index (κ2) is 6.82. The summed E-state index contributed by atoms with van der Waals surface area (Å²) in [5.41, 5.74) is 5.44. The molecule has 1 aliphatic heterocycles. The predicted octanol–water partition coefficient (Wildman–Crippen LogP) is 2.50. The van der Waals surface area contributed by atoms with Crippen LogP contribution in [0.2, 0.25) is 0 Å². The number of hydrogen-bond donors (Lipinski definition) is 2. The van der Waals surface area contributed by atoms with Gasteiger partial charge in [0, 0.05) is 26.1 Å². The summed E-state index contributed by atoms with van der Waals surface area (Å²) in [6.45, 7) is 0. The van der Waals surface area contributed by atoms with Crippen molar-refractivity contribution in [2.24, 2.45) is 34.4 Å². The zero-order valence-corrected chi connectivity index (χ0v) is 15.7. The largest absolute Gasteiger partial charge is 0.385 e. The van der Waals surface area contributed by atoms with E-state index in [1.54, 1.807) is 7.11 Å². The maximum absolute atomic E-state index is 12.0. The Morgan fingerprint density at radius 2 is 1.68 bits per heavy atom. The Kier molecular flexibility index (Phi) is 4.84. The lowest BCUT2D eigenvalue weighted by atomic mass is 9.56. The van der Waals surface area contributed by atoms with Crippen LogP contribution in [-0.4, -0.2) is 49.0 Å². The molecule has 8 atom stereocenters. The van der Waals surface area contributed by atoms with Crippen molar-refractivity contribution >= 4 is 5.84 Å². The number of aliphatic hydroxyl groups is 1. The Bertz CT molecular complexity index is 525. The minimum absolute atomic E-state index is 0.106. The van der Waals surface area contributed by atoms with Crippen LogP contribution in [0, 0.1) is 23.7 Å². The quantitative estimate of drug-likeness (QED) is 0.820. The van der Waals surface area contributed by atoms with E-state index in [1.165, 1.54) is 25.7 Å². The van der Waals surface area contributed by atoms with E-state index in [-0.39, 0.29) is 30.1 Å². The smallest absolute Gasteiger partial charge is 0.129 e. The molecule has 0 radical (unpaired) electrons. The number of nitrogens with zero attached hydrogens (tertiary/aromatic N) is 1. The molecule has 4 rings (SSSR count). The number of rotatable bonds is 3. The van der Waals surface area contributed by atoms with E-state index in [1.807, 2.05) is 7.11 Å². The summed E-state index contributed by atoms with van der Waals surface area (Å²) < 4.78 is 11.4. The molecule has 0 bridgehead atoms. The zero-order chi connectivity index (χ0) is 17.6. The first-order valence-corrected chi connectivity index (χ1v) is 10.2. The van der Waals surface area contributed by atoms with Crippen molar-refractivity contribution in [2.45, 2.75) is 81.6 Å². The van der Waals surface area contributed by atoms with Crippen molar-refractivity contribution in [3.8, 4) is 0 Å². The van der Waals surface area contributed by atoms with Gasteiger partial charge >= 0.3 is 0 Å². The van der Waals surface area contributed by atoms with E-state index in [4.69, 9.17) is 20.2 Å². The lowest BCUT2D eigenvalue weighted by Crippen LogP contribution is -2.60. The van der Waals surface area contributed by atoms with Crippen molar-refractivity contribution in [3.63, 3.8) is 0 Å². The van der Waals surface area contributed by atoms with Crippen LogP contribution in [0.25, 0.3) is 0 Å². The van der Waals surface area contributed by atoms with E-state index in [0.717, 1.165) is 32.1 Å². The summed E-state index contributed by atoms with van der Waals surface area (Å²) in [5, 5.41) is 12.0. The Morgan fingerprint density at radius 3 is 2.44 bits per heavy atom. The molecule has 0 saturated heterocycles. The van der Waals surface area contributed by atoms with Gasteiger partial charge in [0.05, 0.1) is 18.2 Å². The van der Waals surface area contributed by atoms with Crippen LogP contribution in [0.4, 0.5) is 0 Å². The third-order valence-electron chi connectivity index (χ3n) is 7.85. The van der Waals surface area contributed by atoms with Gasteiger partial charge in [-0.2, -0.15) is 0 Å². The minimum Gasteiger partial charge on any atom is -0.385 e. The van der Waals surface area contributed by atoms with Gasteiger partial charge in [-0.3, -0.25) is 4.99 Å². The number of fused-ring (bicyclic) bond motifs is 2. The molecule has 3 saturated carbocycles. The maximum Gasteiger partial charge on any atom is 0.129 e. The average molecular weight is 351 g/mol. The van der Waals surface area contributed by atoms with Crippen LogP contribution in [0.1, 0.15) is 57.8 Å². The molecule has 0 aromatic rings. The minimum atomic E-state index is -0.973. The topological polar surface area (TPSA) is 77.1 Å². The second-order valence-electron chi connectivity index (χ2n) is 8.83. The first kappa shape index (κ1) is 17.7. The van der Waals surface area contributed by atoms with Gasteiger partial charge in [-0.15, -0.1) is 0 Å². The fourth-order valence-corrected chi connectivity index (χ4v) is 6.54. The van der Waals surface area contributed by atoms with Crippen LogP contribution >= 0.6 is 0 Å². The molecule has 3 fully saturated rings. The highest BCUT2D eigenvalue weighted by molar-refractivity contribution is 5.91. The number of nitrogens with two attached hydrogens (primary N) is 1. The van der Waals surface area contributed by atoms with Crippen LogP contribution in [0.15, 0.2) is 4.99 Å². The molecule has 3 N–H and O–H groups in total. The van der Waals surface area contributed by atoms with Gasteiger partial charge in [0.2, 0.25) is 0 Å². The van der Waals surface area contributed by atoms with Crippen molar-refractivity contribution < 1.29 is 14.6 Å². The molecule has 1 heterocycles. The zero-order valence-electron chi connectivity index (χ0n) is 15.7. The van der Waals surface area contributed by atoms with Gasteiger partial charge in [-0.05, 0) is 50.4 Å². The van der Waals surface area contributed by atoms with Gasteiger partial charge in [0.25, 0.3) is 0 Å². The molecule has 4 aliphatic rings. The first-order valence-electron chi connectivity index (χ1n) is 10.2. The highest BCUT2D eigenvalue weighted by atomic mass is 16.5. The van der Waals surface area contributed by atoms with Crippen molar-refractivity contribution in [2.75, 3.05) is 14.2 Å². The third-order valence-corrected chi connectivity index (χ3v) is 7.85. The summed E-state index contributed by atoms with van der Waals surface area (Å²) in [5.74, 6) is 1.99. The van der Waals surface area contributed by atoms with Gasteiger partial charge in [-0.1, -0.05) is 19.3 Å². The van der Waals surface area contributed by atoms with Crippen molar-refractivity contribution in [3.05, 3.63) is 0 Å². The van der Waals surface area contributed by atoms with Crippen LogP contribution in [0.5, 0.6) is 0 Å². The molecule has 0 aromatic carbocycles. The molecule has 0 amide bonds. The highest BCUT2D eigenvalue weighted by Gasteiger charge is 2.59. The third kappa shape index (κ3) is 2.83. The molecule has 142 valence electrons. The number of methoxy groups -OCH3 is 2. The van der Waals surface area contributed by atoms with E-state index in [2.05, 4.69) is 0 Å². The fourth-order valence-electron chi connectivity index (χ4n) is 6.54. The van der Waals surface area contributed by atoms with E-state index < -0.39 is 5.60 Å². The molecular formula is C20H34N2O3. The van der Waals surface area contributed by atoms with E-state index in [9.17, 15) is 5.11 Å². The molecule has 0 spiro atoms. The fraction of sp³-hybridized carbons (Fsp3) is 0.950. The lowest BCUT2D eigenvalue weighted by Gasteiger charge is -2.52. The number of aliphatic imine (C=N–C) groups is 1. The molecule has 25 heavy (non-hydrogen) atoms. The predicted molar refractivity (Wildman–Crippen MR) is 97.5 cm³/mol. The Morgan fingerprint density at radius 1 is 0.960 bits per heavy atom. The van der Waals surface area contributed by atoms with Crippen molar-refractivity contribution in [1.29, 1.82) is 0 Å². The van der Waals surface area contributed by atoms with Gasteiger partial charge < -0.3 is 20.3 Å². The SMILES string of the molecule is COC1CCC2N=C(N)C(O)(C3CC(OC)CC4CCCCC43)C2C1. The molecular weight excluding hydrogens is 316 g/mol. The Hall–Kier alpha value is -0.650. The number of hydrogen-bond acceptors (Lipinski definition) is 5. The molecule has 8 unspecified atom stereocenters. The Labute approximate surface area is 151 Å². The van der Waals surface area contributed by atoms with Crippen molar-refractivity contribution in [1.82, 2.24) is 0 Å². The summed E-state index contributed by atoms with van der Waals surface area (Å²) in [6.07, 6.45) is 10.4. The number of ether oxygens (including phenoxy) is 2. The normalized spacial score (nSPS) is 50.0. The van der Waals surface area contributed by atoms with Gasteiger partial charge in [0.1, 0.15) is 11.4 Å². The monoisotopic (exact) mass is 350 g/mol. The van der Waals surface area contributed by atoms with E-state index >= 15 is 0 Å². The summed E-state index contributed by atoms with van der Waals surface area (Å²) in [6, 6.07) is 0.168. The Balaban J connectivity index is 1.65. The number of amidine groups is 1. The standard InChI is InChI=1S/C20H34N2O3/c1-24-13-7-8-18-17(10-13)20(23,19(21)22-18)16-11-14(25-2)9-12-5-3-4-6-15(12)16/h12-18,23H,3-11H2,1-2H3,(H2,21,22). The summed E-state index contributed by atoms with van der Waals surface area (Å²) in [7, 11) is 3.59. The van der Waals surface area contributed by atoms with Crippen LogP contribution < -0.4 is 5.73 Å². The molecule has 3 aliphatic carbocycles. The summed E-state index contributed by atoms with van der Waals surface area (Å²) in [4.78, 5) is 4.74. The molecule has 0 aromatic heterocycles. The first-order chi connectivity index (χ1) is 12.1.